The van der Waals surface area contributed by atoms with Crippen LogP contribution < -0.4 is 4.74 Å². The molecule has 0 heterocycles. The van der Waals surface area contributed by atoms with E-state index in [-0.39, 0.29) is 12.3 Å². The van der Waals surface area contributed by atoms with Crippen LogP contribution in [0.5, 0.6) is 5.75 Å². The van der Waals surface area contributed by atoms with Crippen LogP contribution in [-0.4, -0.2) is 4.92 Å². The maximum atomic E-state index is 10.6. The number of halogens is 2. The minimum atomic E-state index is -0.495. The van der Waals surface area contributed by atoms with Gasteiger partial charge in [-0.15, -0.1) is 0 Å². The van der Waals surface area contributed by atoms with Crippen molar-refractivity contribution in [3.05, 3.63) is 68.2 Å². The highest BCUT2D eigenvalue weighted by molar-refractivity contribution is 6.32. The molecule has 2 aromatic carbocycles. The van der Waals surface area contributed by atoms with E-state index < -0.39 is 4.92 Å². The number of rotatable bonds is 4. The Morgan fingerprint density at radius 3 is 2.47 bits per heavy atom. The first-order valence-electron chi connectivity index (χ1n) is 5.38. The zero-order valence-electron chi connectivity index (χ0n) is 9.68. The maximum absolute atomic E-state index is 10.6. The number of nitrogens with zero attached hydrogens (tertiary/aromatic N) is 1. The summed E-state index contributed by atoms with van der Waals surface area (Å²) in [6, 6.07) is 11.3. The van der Waals surface area contributed by atoms with Gasteiger partial charge in [-0.3, -0.25) is 10.1 Å². The summed E-state index contributed by atoms with van der Waals surface area (Å²) in [5.74, 6) is 0.540. The lowest BCUT2D eigenvalue weighted by molar-refractivity contribution is -0.384. The third-order valence-electron chi connectivity index (χ3n) is 2.47. The number of nitro groups is 1. The predicted octanol–water partition coefficient (Wildman–Crippen LogP) is 4.48. The van der Waals surface area contributed by atoms with Gasteiger partial charge in [0.1, 0.15) is 12.4 Å². The molecule has 0 aliphatic rings. The predicted molar refractivity (Wildman–Crippen MR) is 73.9 cm³/mol. The van der Waals surface area contributed by atoms with Gasteiger partial charge in [-0.1, -0.05) is 35.3 Å². The Balaban J connectivity index is 2.12. The van der Waals surface area contributed by atoms with Gasteiger partial charge in [0.25, 0.3) is 5.69 Å². The lowest BCUT2D eigenvalue weighted by atomic mass is 10.2. The zero-order valence-corrected chi connectivity index (χ0v) is 11.2. The minimum absolute atomic E-state index is 0.0495. The van der Waals surface area contributed by atoms with E-state index in [1.807, 2.05) is 0 Å². The molecule has 6 heteroatoms. The van der Waals surface area contributed by atoms with Gasteiger partial charge < -0.3 is 4.74 Å². The Morgan fingerprint density at radius 1 is 1.11 bits per heavy atom. The molecule has 0 spiro atoms. The van der Waals surface area contributed by atoms with Gasteiger partial charge in [0.15, 0.2) is 0 Å². The Kier molecular flexibility index (Phi) is 4.24. The molecular formula is C13H9Cl2NO3. The fraction of sp³-hybridized carbons (Fsp3) is 0.0769. The van der Waals surface area contributed by atoms with Crippen LogP contribution in [0.25, 0.3) is 0 Å². The van der Waals surface area contributed by atoms with Gasteiger partial charge in [-0.2, -0.15) is 0 Å². The molecule has 0 amide bonds. The molecule has 0 saturated heterocycles. The molecule has 0 fully saturated rings. The van der Waals surface area contributed by atoms with Crippen LogP contribution in [0, 0.1) is 10.1 Å². The SMILES string of the molecule is O=[N+]([O-])c1ccc(COc2ccccc2Cl)c(Cl)c1. The first-order chi connectivity index (χ1) is 9.08. The molecule has 4 nitrogen and oxygen atoms in total. The highest BCUT2D eigenvalue weighted by Gasteiger charge is 2.10. The minimum Gasteiger partial charge on any atom is -0.487 e. The lowest BCUT2D eigenvalue weighted by Crippen LogP contribution is -1.97. The van der Waals surface area contributed by atoms with Crippen LogP contribution in [0.15, 0.2) is 42.5 Å². The first-order valence-corrected chi connectivity index (χ1v) is 6.13. The fourth-order valence-corrected chi connectivity index (χ4v) is 1.90. The smallest absolute Gasteiger partial charge is 0.270 e. The largest absolute Gasteiger partial charge is 0.487 e. The molecule has 0 atom stereocenters. The summed E-state index contributed by atoms with van der Waals surface area (Å²) in [5.41, 5.74) is 0.610. The highest BCUT2D eigenvalue weighted by Crippen LogP contribution is 2.27. The summed E-state index contributed by atoms with van der Waals surface area (Å²) in [5, 5.41) is 11.4. The monoisotopic (exact) mass is 297 g/mol. The van der Waals surface area contributed by atoms with Gasteiger partial charge in [-0.05, 0) is 18.2 Å². The average molecular weight is 298 g/mol. The van der Waals surface area contributed by atoms with E-state index in [1.54, 1.807) is 30.3 Å². The van der Waals surface area contributed by atoms with Crippen LogP contribution in [0.2, 0.25) is 10.0 Å². The van der Waals surface area contributed by atoms with Gasteiger partial charge in [0.2, 0.25) is 0 Å². The lowest BCUT2D eigenvalue weighted by Gasteiger charge is -2.08. The van der Waals surface area contributed by atoms with Gasteiger partial charge in [0, 0.05) is 17.7 Å². The van der Waals surface area contributed by atoms with Crippen LogP contribution >= 0.6 is 23.2 Å². The molecule has 0 aliphatic heterocycles. The van der Waals surface area contributed by atoms with Crippen LogP contribution in [0.1, 0.15) is 5.56 Å². The molecule has 0 aliphatic carbocycles. The molecule has 0 radical (unpaired) electrons. The van der Waals surface area contributed by atoms with Crippen molar-refractivity contribution >= 4 is 28.9 Å². The van der Waals surface area contributed by atoms with E-state index >= 15 is 0 Å². The van der Waals surface area contributed by atoms with E-state index in [9.17, 15) is 10.1 Å². The quantitative estimate of drug-likeness (QED) is 0.617. The normalized spacial score (nSPS) is 10.2. The number of ether oxygens (including phenoxy) is 1. The Bertz CT molecular complexity index is 617. The van der Waals surface area contributed by atoms with Crippen molar-refractivity contribution in [1.82, 2.24) is 0 Å². The number of nitro benzene ring substituents is 1. The van der Waals surface area contributed by atoms with Crippen molar-refractivity contribution in [2.24, 2.45) is 0 Å². The average Bonchev–Trinajstić information content (AvgIpc) is 2.39. The molecule has 2 rings (SSSR count). The second-order valence-corrected chi connectivity index (χ2v) is 4.57. The zero-order chi connectivity index (χ0) is 13.8. The van der Waals surface area contributed by atoms with E-state index in [0.29, 0.717) is 21.4 Å². The van der Waals surface area contributed by atoms with Crippen LogP contribution in [0.3, 0.4) is 0 Å². The molecule has 19 heavy (non-hydrogen) atoms. The maximum Gasteiger partial charge on any atom is 0.270 e. The van der Waals surface area contributed by atoms with Crippen molar-refractivity contribution in [2.75, 3.05) is 0 Å². The van der Waals surface area contributed by atoms with Crippen molar-refractivity contribution in [1.29, 1.82) is 0 Å². The summed E-state index contributed by atoms with van der Waals surface area (Å²) in [6.45, 7) is 0.195. The number of hydrogen-bond donors (Lipinski definition) is 0. The fourth-order valence-electron chi connectivity index (χ4n) is 1.48. The summed E-state index contributed by atoms with van der Waals surface area (Å²) in [6.07, 6.45) is 0. The number of benzene rings is 2. The standard InChI is InChI=1S/C13H9Cl2NO3/c14-11-3-1-2-4-13(11)19-8-9-5-6-10(16(17)18)7-12(9)15/h1-7H,8H2. The Labute approximate surface area is 119 Å². The van der Waals surface area contributed by atoms with Crippen LogP contribution in [0.4, 0.5) is 5.69 Å². The Morgan fingerprint density at radius 2 is 1.84 bits per heavy atom. The van der Waals surface area contributed by atoms with E-state index in [1.165, 1.54) is 12.1 Å². The number of para-hydroxylation sites is 1. The summed E-state index contributed by atoms with van der Waals surface area (Å²) in [7, 11) is 0. The first kappa shape index (κ1) is 13.6. The highest BCUT2D eigenvalue weighted by atomic mass is 35.5. The van der Waals surface area contributed by atoms with Gasteiger partial charge in [-0.25, -0.2) is 0 Å². The van der Waals surface area contributed by atoms with Crippen molar-refractivity contribution in [3.8, 4) is 5.75 Å². The second kappa shape index (κ2) is 5.91. The molecule has 0 N–H and O–H groups in total. The summed E-state index contributed by atoms with van der Waals surface area (Å²) in [4.78, 5) is 10.1. The molecule has 0 unspecified atom stereocenters. The number of hydrogen-bond acceptors (Lipinski definition) is 3. The molecule has 98 valence electrons. The van der Waals surface area contributed by atoms with Crippen molar-refractivity contribution in [3.63, 3.8) is 0 Å². The molecule has 0 bridgehead atoms. The molecule has 0 aromatic heterocycles. The van der Waals surface area contributed by atoms with E-state index in [4.69, 9.17) is 27.9 Å². The van der Waals surface area contributed by atoms with Gasteiger partial charge >= 0.3 is 0 Å². The topological polar surface area (TPSA) is 52.4 Å². The third kappa shape index (κ3) is 3.36. The Hall–Kier alpha value is -1.78. The number of non-ortho nitro benzene ring substituents is 1. The van der Waals surface area contributed by atoms with E-state index in [2.05, 4.69) is 0 Å². The third-order valence-corrected chi connectivity index (χ3v) is 3.13. The second-order valence-electron chi connectivity index (χ2n) is 3.75. The molecular weight excluding hydrogens is 289 g/mol. The summed E-state index contributed by atoms with van der Waals surface area (Å²) >= 11 is 11.9. The molecule has 0 saturated carbocycles. The van der Waals surface area contributed by atoms with Crippen molar-refractivity contribution in [2.45, 2.75) is 6.61 Å². The summed E-state index contributed by atoms with van der Waals surface area (Å²) < 4.78 is 5.52. The van der Waals surface area contributed by atoms with E-state index in [0.717, 1.165) is 0 Å². The van der Waals surface area contributed by atoms with Crippen molar-refractivity contribution < 1.29 is 9.66 Å². The van der Waals surface area contributed by atoms with Gasteiger partial charge in [0.05, 0.1) is 15.0 Å². The van der Waals surface area contributed by atoms with Crippen LogP contribution in [-0.2, 0) is 6.61 Å². The molecule has 2 aromatic rings.